The first-order valence-electron chi connectivity index (χ1n) is 7.66. The summed E-state index contributed by atoms with van der Waals surface area (Å²) in [5, 5.41) is 3.36. The van der Waals surface area contributed by atoms with Gasteiger partial charge in [-0.2, -0.15) is 0 Å². The summed E-state index contributed by atoms with van der Waals surface area (Å²) in [4.78, 5) is 9.35. The molecule has 1 unspecified atom stereocenters. The van der Waals surface area contributed by atoms with E-state index in [-0.39, 0.29) is 6.10 Å². The molecule has 3 rings (SSSR count). The number of benzene rings is 1. The molecule has 1 fully saturated rings. The van der Waals surface area contributed by atoms with Gasteiger partial charge in [0.1, 0.15) is 11.9 Å². The van der Waals surface area contributed by atoms with E-state index in [1.165, 1.54) is 0 Å². The fourth-order valence-electron chi connectivity index (χ4n) is 2.49. The number of ether oxygens (including phenoxy) is 1. The van der Waals surface area contributed by atoms with Crippen LogP contribution in [0, 0.1) is 0 Å². The molecule has 4 heteroatoms. The molecular formula is C17H21N3O. The number of aromatic nitrogens is 2. The van der Waals surface area contributed by atoms with Crippen molar-refractivity contribution in [3.8, 4) is 11.3 Å². The molecule has 1 saturated heterocycles. The monoisotopic (exact) mass is 283 g/mol. The Bertz CT molecular complexity index is 580. The molecule has 2 aromatic rings. The van der Waals surface area contributed by atoms with Gasteiger partial charge in [0.2, 0.25) is 0 Å². The van der Waals surface area contributed by atoms with Crippen molar-refractivity contribution in [1.29, 1.82) is 0 Å². The number of anilines is 1. The molecular weight excluding hydrogens is 262 g/mol. The summed E-state index contributed by atoms with van der Waals surface area (Å²) in [6.07, 6.45) is 3.20. The Kier molecular flexibility index (Phi) is 4.46. The minimum atomic E-state index is 0.0378. The topological polar surface area (TPSA) is 47.0 Å². The molecule has 0 spiro atoms. The van der Waals surface area contributed by atoms with Gasteiger partial charge >= 0.3 is 0 Å². The third-order valence-corrected chi connectivity index (χ3v) is 3.59. The minimum Gasteiger partial charge on any atom is -0.370 e. The van der Waals surface area contributed by atoms with E-state index in [9.17, 15) is 0 Å². The van der Waals surface area contributed by atoms with Gasteiger partial charge < -0.3 is 10.1 Å². The summed E-state index contributed by atoms with van der Waals surface area (Å²) in [6.45, 7) is 3.87. The highest BCUT2D eigenvalue weighted by Gasteiger charge is 2.21. The first-order chi connectivity index (χ1) is 10.4. The molecule has 0 bridgehead atoms. The average molecular weight is 283 g/mol. The molecule has 1 N–H and O–H groups in total. The molecule has 2 heterocycles. The van der Waals surface area contributed by atoms with Crippen LogP contribution in [-0.4, -0.2) is 23.1 Å². The third-order valence-electron chi connectivity index (χ3n) is 3.59. The van der Waals surface area contributed by atoms with Gasteiger partial charge in [0.05, 0.1) is 5.69 Å². The molecule has 1 aromatic heterocycles. The van der Waals surface area contributed by atoms with Crippen molar-refractivity contribution in [1.82, 2.24) is 9.97 Å². The summed E-state index contributed by atoms with van der Waals surface area (Å²) in [5.74, 6) is 1.68. The Morgan fingerprint density at radius 1 is 1.24 bits per heavy atom. The van der Waals surface area contributed by atoms with Gasteiger partial charge in [-0.05, 0) is 19.3 Å². The number of nitrogens with zero attached hydrogens (tertiary/aromatic N) is 2. The van der Waals surface area contributed by atoms with E-state index in [1.54, 1.807) is 0 Å². The second-order valence-electron chi connectivity index (χ2n) is 5.29. The van der Waals surface area contributed by atoms with Gasteiger partial charge in [-0.1, -0.05) is 37.3 Å². The summed E-state index contributed by atoms with van der Waals surface area (Å²) >= 11 is 0. The zero-order chi connectivity index (χ0) is 14.5. The Morgan fingerprint density at radius 2 is 2.10 bits per heavy atom. The lowest BCUT2D eigenvalue weighted by Gasteiger charge is -2.13. The summed E-state index contributed by atoms with van der Waals surface area (Å²) in [7, 11) is 0. The molecule has 21 heavy (non-hydrogen) atoms. The van der Waals surface area contributed by atoms with Crippen molar-refractivity contribution in [2.24, 2.45) is 0 Å². The molecule has 4 nitrogen and oxygen atoms in total. The van der Waals surface area contributed by atoms with E-state index >= 15 is 0 Å². The molecule has 110 valence electrons. The van der Waals surface area contributed by atoms with Gasteiger partial charge in [-0.25, -0.2) is 9.97 Å². The fraction of sp³-hybridized carbons (Fsp3) is 0.412. The zero-order valence-electron chi connectivity index (χ0n) is 12.4. The quantitative estimate of drug-likeness (QED) is 0.906. The Hall–Kier alpha value is -1.94. The maximum absolute atomic E-state index is 5.74. The number of hydrogen-bond donors (Lipinski definition) is 1. The molecule has 1 aliphatic rings. The predicted octanol–water partition coefficient (Wildman–Crippen LogP) is 3.82. The van der Waals surface area contributed by atoms with Crippen LogP contribution in [0.3, 0.4) is 0 Å². The van der Waals surface area contributed by atoms with Crippen LogP contribution in [0.25, 0.3) is 11.3 Å². The van der Waals surface area contributed by atoms with Crippen LogP contribution in [0.4, 0.5) is 5.82 Å². The van der Waals surface area contributed by atoms with Gasteiger partial charge in [0.15, 0.2) is 5.82 Å². The van der Waals surface area contributed by atoms with E-state index in [0.717, 1.165) is 55.3 Å². The summed E-state index contributed by atoms with van der Waals surface area (Å²) in [5.41, 5.74) is 2.06. The molecule has 0 saturated carbocycles. The van der Waals surface area contributed by atoms with Crippen molar-refractivity contribution in [2.75, 3.05) is 18.5 Å². The van der Waals surface area contributed by atoms with Crippen LogP contribution in [-0.2, 0) is 4.74 Å². The normalized spacial score (nSPS) is 17.9. The summed E-state index contributed by atoms with van der Waals surface area (Å²) in [6, 6.07) is 12.2. The first kappa shape index (κ1) is 14.0. The minimum absolute atomic E-state index is 0.0378. The Labute approximate surface area is 125 Å². The van der Waals surface area contributed by atoms with Crippen LogP contribution >= 0.6 is 0 Å². The van der Waals surface area contributed by atoms with Gasteiger partial charge in [-0.15, -0.1) is 0 Å². The fourth-order valence-corrected chi connectivity index (χ4v) is 2.49. The molecule has 1 atom stereocenters. The largest absolute Gasteiger partial charge is 0.370 e. The highest BCUT2D eigenvalue weighted by atomic mass is 16.5. The smallest absolute Gasteiger partial charge is 0.160 e. The van der Waals surface area contributed by atoms with Gasteiger partial charge in [0.25, 0.3) is 0 Å². The van der Waals surface area contributed by atoms with E-state index < -0.39 is 0 Å². The zero-order valence-corrected chi connectivity index (χ0v) is 12.4. The highest BCUT2D eigenvalue weighted by molar-refractivity contribution is 5.62. The lowest BCUT2D eigenvalue weighted by molar-refractivity contribution is 0.105. The van der Waals surface area contributed by atoms with Crippen LogP contribution in [0.1, 0.15) is 38.1 Å². The number of hydrogen-bond acceptors (Lipinski definition) is 4. The van der Waals surface area contributed by atoms with Crippen LogP contribution in [0.5, 0.6) is 0 Å². The molecule has 0 aliphatic carbocycles. The second-order valence-corrected chi connectivity index (χ2v) is 5.29. The molecule has 0 radical (unpaired) electrons. The van der Waals surface area contributed by atoms with Gasteiger partial charge in [-0.3, -0.25) is 0 Å². The average Bonchev–Trinajstić information content (AvgIpc) is 3.08. The van der Waals surface area contributed by atoms with Crippen LogP contribution < -0.4 is 5.32 Å². The van der Waals surface area contributed by atoms with Crippen molar-refractivity contribution in [3.05, 3.63) is 42.2 Å². The third kappa shape index (κ3) is 3.39. The van der Waals surface area contributed by atoms with Crippen molar-refractivity contribution in [3.63, 3.8) is 0 Å². The van der Waals surface area contributed by atoms with Crippen LogP contribution in [0.15, 0.2) is 36.4 Å². The molecule has 0 amide bonds. The maximum Gasteiger partial charge on any atom is 0.160 e. The van der Waals surface area contributed by atoms with Crippen molar-refractivity contribution >= 4 is 5.82 Å². The Balaban J connectivity index is 1.96. The standard InChI is InChI=1S/C17H21N3O/c1-2-10-18-16-12-14(13-7-4-3-5-8-13)19-17(20-16)15-9-6-11-21-15/h3-5,7-8,12,15H,2,6,9-11H2,1H3,(H,18,19,20). The van der Waals surface area contributed by atoms with E-state index in [4.69, 9.17) is 9.72 Å². The second kappa shape index (κ2) is 6.68. The van der Waals surface area contributed by atoms with E-state index in [0.29, 0.717) is 0 Å². The van der Waals surface area contributed by atoms with Gasteiger partial charge in [0, 0.05) is 24.8 Å². The van der Waals surface area contributed by atoms with E-state index in [1.807, 2.05) is 24.3 Å². The number of rotatable bonds is 5. The lowest BCUT2D eigenvalue weighted by Crippen LogP contribution is -2.09. The maximum atomic E-state index is 5.74. The number of nitrogens with one attached hydrogen (secondary N) is 1. The SMILES string of the molecule is CCCNc1cc(-c2ccccc2)nc(C2CCCO2)n1. The lowest BCUT2D eigenvalue weighted by atomic mass is 10.1. The van der Waals surface area contributed by atoms with Crippen molar-refractivity contribution in [2.45, 2.75) is 32.3 Å². The molecule has 1 aromatic carbocycles. The first-order valence-corrected chi connectivity index (χ1v) is 7.66. The molecule has 1 aliphatic heterocycles. The highest BCUT2D eigenvalue weighted by Crippen LogP contribution is 2.29. The van der Waals surface area contributed by atoms with Crippen molar-refractivity contribution < 1.29 is 4.74 Å². The Morgan fingerprint density at radius 3 is 2.81 bits per heavy atom. The van der Waals surface area contributed by atoms with Crippen LogP contribution in [0.2, 0.25) is 0 Å². The van der Waals surface area contributed by atoms with E-state index in [2.05, 4.69) is 29.4 Å². The summed E-state index contributed by atoms with van der Waals surface area (Å²) < 4.78 is 5.74. The predicted molar refractivity (Wildman–Crippen MR) is 84.2 cm³/mol.